The Hall–Kier alpha value is -3.36. The van der Waals surface area contributed by atoms with Crippen LogP contribution in [0.4, 0.5) is 5.69 Å². The quantitative estimate of drug-likeness (QED) is 0.523. The Morgan fingerprint density at radius 2 is 2.13 bits per heavy atom. The molecule has 3 N–H and O–H groups in total. The summed E-state index contributed by atoms with van der Waals surface area (Å²) in [5.74, 6) is -0.394. The summed E-state index contributed by atoms with van der Waals surface area (Å²) in [7, 11) is 1.26. The summed E-state index contributed by atoms with van der Waals surface area (Å²) < 4.78 is 4.81. The van der Waals surface area contributed by atoms with E-state index in [2.05, 4.69) is 15.3 Å². The molecule has 0 fully saturated rings. The van der Waals surface area contributed by atoms with Gasteiger partial charge in [0.1, 0.15) is 11.5 Å². The van der Waals surface area contributed by atoms with E-state index in [1.54, 1.807) is 18.2 Å². The third-order valence-corrected chi connectivity index (χ3v) is 5.16. The number of aromatic amines is 1. The zero-order valence-corrected chi connectivity index (χ0v) is 16.9. The van der Waals surface area contributed by atoms with Crippen molar-refractivity contribution in [1.29, 1.82) is 0 Å². The number of methoxy groups -OCH3 is 1. The first kappa shape index (κ1) is 19.9. The third kappa shape index (κ3) is 3.62. The van der Waals surface area contributed by atoms with E-state index in [9.17, 15) is 14.7 Å². The number of aliphatic hydroxyl groups excluding tert-OH is 1. The minimum atomic E-state index is -0.599. The minimum Gasteiger partial charge on any atom is -0.466 e. The molecule has 1 aliphatic heterocycles. The zero-order valence-electron chi connectivity index (χ0n) is 16.1. The van der Waals surface area contributed by atoms with Gasteiger partial charge in [0.15, 0.2) is 0 Å². The Morgan fingerprint density at radius 1 is 1.33 bits per heavy atom. The van der Waals surface area contributed by atoms with Gasteiger partial charge in [-0.2, -0.15) is 0 Å². The Kier molecular flexibility index (Phi) is 5.43. The summed E-state index contributed by atoms with van der Waals surface area (Å²) in [6.07, 6.45) is 0. The Labute approximate surface area is 177 Å². The van der Waals surface area contributed by atoms with Crippen LogP contribution in [0.3, 0.4) is 0 Å². The summed E-state index contributed by atoms with van der Waals surface area (Å²) in [5, 5.41) is 12.7. The summed E-state index contributed by atoms with van der Waals surface area (Å²) in [6, 6.07) is 12.8. The van der Waals surface area contributed by atoms with E-state index in [4.69, 9.17) is 16.3 Å². The number of rotatable bonds is 6. The van der Waals surface area contributed by atoms with E-state index in [0.717, 1.165) is 11.0 Å². The second-order valence-corrected chi connectivity index (χ2v) is 7.12. The van der Waals surface area contributed by atoms with E-state index in [0.29, 0.717) is 22.1 Å². The van der Waals surface area contributed by atoms with Crippen molar-refractivity contribution in [2.75, 3.05) is 32.1 Å². The lowest BCUT2D eigenvalue weighted by molar-refractivity contribution is -0.136. The lowest BCUT2D eigenvalue weighted by Crippen LogP contribution is -2.31. The average molecular weight is 427 g/mol. The summed E-state index contributed by atoms with van der Waals surface area (Å²) in [5.41, 5.74) is 3.22. The SMILES string of the molecule is COC(=O)C1=C(Nc2ccc(Cl)c(-c3nc4ccccc4[nH]3)c2)C(=O)N(CCO)C1. The molecule has 2 aromatic carbocycles. The van der Waals surface area contributed by atoms with Gasteiger partial charge in [0.25, 0.3) is 5.91 Å². The van der Waals surface area contributed by atoms with Crippen molar-refractivity contribution in [3.63, 3.8) is 0 Å². The molecule has 0 atom stereocenters. The fourth-order valence-corrected chi connectivity index (χ4v) is 3.57. The number of carbonyl (C=O) groups excluding carboxylic acids is 2. The van der Waals surface area contributed by atoms with Crippen molar-refractivity contribution in [1.82, 2.24) is 14.9 Å². The molecule has 0 radical (unpaired) electrons. The molecular weight excluding hydrogens is 408 g/mol. The van der Waals surface area contributed by atoms with Crippen molar-refractivity contribution in [2.24, 2.45) is 0 Å². The van der Waals surface area contributed by atoms with Gasteiger partial charge in [0.2, 0.25) is 0 Å². The van der Waals surface area contributed by atoms with Gasteiger partial charge in [-0.05, 0) is 30.3 Å². The number of H-pyrrole nitrogens is 1. The maximum Gasteiger partial charge on any atom is 0.337 e. The highest BCUT2D eigenvalue weighted by atomic mass is 35.5. The van der Waals surface area contributed by atoms with Crippen molar-refractivity contribution in [3.8, 4) is 11.4 Å². The van der Waals surface area contributed by atoms with Crippen molar-refractivity contribution in [2.45, 2.75) is 0 Å². The highest BCUT2D eigenvalue weighted by Crippen LogP contribution is 2.31. The second-order valence-electron chi connectivity index (χ2n) is 6.72. The number of nitrogens with one attached hydrogen (secondary N) is 2. The normalized spacial score (nSPS) is 14.0. The molecule has 9 heteroatoms. The van der Waals surface area contributed by atoms with Gasteiger partial charge in [-0.3, -0.25) is 4.79 Å². The molecule has 3 aromatic rings. The van der Waals surface area contributed by atoms with Gasteiger partial charge in [-0.25, -0.2) is 9.78 Å². The van der Waals surface area contributed by atoms with E-state index in [1.807, 2.05) is 24.3 Å². The van der Waals surface area contributed by atoms with E-state index >= 15 is 0 Å². The number of anilines is 1. The highest BCUT2D eigenvalue weighted by molar-refractivity contribution is 6.33. The Morgan fingerprint density at radius 3 is 2.87 bits per heavy atom. The number of hydrogen-bond donors (Lipinski definition) is 3. The molecule has 1 amide bonds. The van der Waals surface area contributed by atoms with E-state index < -0.39 is 5.97 Å². The number of nitrogens with zero attached hydrogens (tertiary/aromatic N) is 2. The molecule has 0 spiro atoms. The molecule has 1 aliphatic rings. The van der Waals surface area contributed by atoms with Crippen LogP contribution in [0.15, 0.2) is 53.7 Å². The van der Waals surface area contributed by atoms with E-state index in [1.165, 1.54) is 12.0 Å². The standard InChI is InChI=1S/C21H19ClN4O4/c1-30-21(29)14-11-26(8-9-27)20(28)18(14)23-12-6-7-15(22)13(10-12)19-24-16-4-2-3-5-17(16)25-19/h2-7,10,23,27H,8-9,11H2,1H3,(H,24,25). The molecule has 0 aliphatic carbocycles. The predicted octanol–water partition coefficient (Wildman–Crippen LogP) is 2.56. The topological polar surface area (TPSA) is 108 Å². The molecule has 4 rings (SSSR count). The van der Waals surface area contributed by atoms with Gasteiger partial charge in [-0.1, -0.05) is 23.7 Å². The third-order valence-electron chi connectivity index (χ3n) is 4.83. The molecule has 0 saturated heterocycles. The largest absolute Gasteiger partial charge is 0.466 e. The van der Waals surface area contributed by atoms with Crippen LogP contribution in [0.5, 0.6) is 0 Å². The predicted molar refractivity (Wildman–Crippen MR) is 113 cm³/mol. The number of hydrogen-bond acceptors (Lipinski definition) is 6. The molecule has 30 heavy (non-hydrogen) atoms. The van der Waals surface area contributed by atoms with Gasteiger partial charge in [-0.15, -0.1) is 0 Å². The molecule has 1 aromatic heterocycles. The molecule has 154 valence electrons. The van der Waals surface area contributed by atoms with Crippen LogP contribution >= 0.6 is 11.6 Å². The number of imidazole rings is 1. The van der Waals surface area contributed by atoms with Gasteiger partial charge in [0.05, 0.1) is 41.9 Å². The maximum atomic E-state index is 12.7. The number of benzene rings is 2. The molecule has 0 unspecified atom stereocenters. The van der Waals surface area contributed by atoms with Gasteiger partial charge < -0.3 is 25.0 Å². The minimum absolute atomic E-state index is 0.0679. The number of aliphatic hydroxyl groups is 1. The Balaban J connectivity index is 1.70. The first-order valence-corrected chi connectivity index (χ1v) is 9.63. The molecule has 0 saturated carbocycles. The molecule has 0 bridgehead atoms. The summed E-state index contributed by atoms with van der Waals surface area (Å²) in [6.45, 7) is -0.0155. The lowest BCUT2D eigenvalue weighted by atomic mass is 10.1. The lowest BCUT2D eigenvalue weighted by Gasteiger charge is -2.15. The van der Waals surface area contributed by atoms with Crippen LogP contribution < -0.4 is 5.32 Å². The van der Waals surface area contributed by atoms with Crippen LogP contribution in [0.1, 0.15) is 0 Å². The number of halogens is 1. The smallest absolute Gasteiger partial charge is 0.337 e. The molecule has 8 nitrogen and oxygen atoms in total. The average Bonchev–Trinajstić information content (AvgIpc) is 3.31. The fourth-order valence-electron chi connectivity index (χ4n) is 3.36. The Bertz CT molecular complexity index is 1140. The summed E-state index contributed by atoms with van der Waals surface area (Å²) >= 11 is 6.39. The first-order chi connectivity index (χ1) is 14.5. The van der Waals surface area contributed by atoms with Crippen molar-refractivity contribution < 1.29 is 19.4 Å². The number of amides is 1. The first-order valence-electron chi connectivity index (χ1n) is 9.25. The number of β-amino-alcohol motifs (C(OH)–C–C–N with tert-alkyl or cyclic N) is 1. The van der Waals surface area contributed by atoms with Crippen molar-refractivity contribution in [3.05, 3.63) is 58.8 Å². The monoisotopic (exact) mass is 426 g/mol. The van der Waals surface area contributed by atoms with E-state index in [-0.39, 0.29) is 36.9 Å². The number of para-hydroxylation sites is 2. The van der Waals surface area contributed by atoms with Crippen LogP contribution in [-0.2, 0) is 14.3 Å². The summed E-state index contributed by atoms with van der Waals surface area (Å²) in [4.78, 5) is 34.0. The van der Waals surface area contributed by atoms with Gasteiger partial charge in [0, 0.05) is 17.8 Å². The number of carbonyl (C=O) groups is 2. The zero-order chi connectivity index (χ0) is 21.3. The highest BCUT2D eigenvalue weighted by Gasteiger charge is 2.34. The maximum absolute atomic E-state index is 12.7. The van der Waals surface area contributed by atoms with Gasteiger partial charge >= 0.3 is 5.97 Å². The van der Waals surface area contributed by atoms with Crippen LogP contribution in [0.2, 0.25) is 5.02 Å². The second kappa shape index (κ2) is 8.17. The molecular formula is C21H19ClN4O4. The van der Waals surface area contributed by atoms with Crippen LogP contribution in [0, 0.1) is 0 Å². The number of fused-ring (bicyclic) bond motifs is 1. The molecule has 2 heterocycles. The number of esters is 1. The number of ether oxygens (including phenoxy) is 1. The van der Waals surface area contributed by atoms with Crippen molar-refractivity contribution >= 4 is 40.2 Å². The van der Waals surface area contributed by atoms with Crippen LogP contribution in [0.25, 0.3) is 22.4 Å². The van der Waals surface area contributed by atoms with Crippen LogP contribution in [-0.4, -0.2) is 58.7 Å². The fraction of sp³-hybridized carbons (Fsp3) is 0.190. The number of aromatic nitrogens is 2.